The van der Waals surface area contributed by atoms with Gasteiger partial charge in [0.15, 0.2) is 22.9 Å². The summed E-state index contributed by atoms with van der Waals surface area (Å²) in [6.45, 7) is 13.1. The van der Waals surface area contributed by atoms with Crippen LogP contribution in [0.3, 0.4) is 0 Å². The van der Waals surface area contributed by atoms with Gasteiger partial charge in [-0.1, -0.05) is 45.9 Å². The van der Waals surface area contributed by atoms with Crippen molar-refractivity contribution in [3.63, 3.8) is 0 Å². The standard InChI is InChI=1S/C61H66FN5O17/c1-26-12-11-13-27(2)59(76)64-46-53(74)42-41(43-55(31(6)51(42)72)84-61(8,58(43)75)81-21-16-39(79-9)28(3)54(82-32(7)68)30(5)50(71)29(4)49(26)70)45-56(46)83-40-23-34(22-38(69)44(40)63-45)65-17-19-66(20-18-65)48-37(62)24-35-47(57(48)80-10)67(33-14-15-33)25-36(52(35)73)60(77)78/h11-13,16,21-26,28-30,33,39,49-50,54,69-72H,14-15,17-20H2,1-10H3,(H,64,76)(H,77,78)/b12-11+,21-16+,27-13-/t26-,28+,29+,30+,39-,49-,50+,54+,61-/m0/s1. The Hall–Kier alpha value is -8.54. The number of halogens is 1. The van der Waals surface area contributed by atoms with Gasteiger partial charge in [-0.3, -0.25) is 24.0 Å². The molecule has 2 aliphatic carbocycles. The summed E-state index contributed by atoms with van der Waals surface area (Å²) in [5.41, 5.74) is -2.64. The Morgan fingerprint density at radius 1 is 0.893 bits per heavy atom. The second-order valence-electron chi connectivity index (χ2n) is 22.5. The number of amides is 1. The smallest absolute Gasteiger partial charge is 0.341 e. The molecule has 6 heterocycles. The third-order valence-corrected chi connectivity index (χ3v) is 16.9. The maximum Gasteiger partial charge on any atom is 0.341 e. The van der Waals surface area contributed by atoms with E-state index >= 15 is 9.18 Å². The molecule has 11 rings (SSSR count). The second kappa shape index (κ2) is 22.2. The molecule has 7 aliphatic rings. The lowest BCUT2D eigenvalue weighted by Crippen LogP contribution is -2.47. The Labute approximate surface area is 480 Å². The lowest BCUT2D eigenvalue weighted by molar-refractivity contribution is -0.160. The number of phenolic OH excluding ortho intramolecular Hbond substituents is 2. The predicted octanol–water partition coefficient (Wildman–Crippen LogP) is 7.48. The van der Waals surface area contributed by atoms with Crippen molar-refractivity contribution in [1.82, 2.24) is 9.55 Å². The maximum atomic E-state index is 16.3. The SMILES string of the molecule is COc1c(N2CCN(c3cc(O)c4nc5c6c7c8c(C)c(O)c6c(=O)c(c-5oc4c3)NC(=O)/C(C)=C\C=C\[C@H](C)[C@H](O)[C@@H](C)[C@@H](O)[C@@H](C)[C@H](OC(C)=O)[C@H](C)[C@@H](OC)/C=C/O[C@@](C)(O8)C7=O)CC2)c(F)cc2c(=O)c(C(=O)O)cn(C3CC3)c12. The highest BCUT2D eigenvalue weighted by Crippen LogP contribution is 2.51. The minimum absolute atomic E-state index is 0.0340. The number of aromatic carboxylic acids is 1. The fraction of sp³-hybridized carbons (Fsp3) is 0.426. The number of Topliss-reactive ketones (excluding diaryl/α,β-unsaturated/α-hetero) is 1. The summed E-state index contributed by atoms with van der Waals surface area (Å²) < 4.78 is 54.4. The highest BCUT2D eigenvalue weighted by Gasteiger charge is 2.50. The summed E-state index contributed by atoms with van der Waals surface area (Å²) in [5.74, 6) is -10.8. The number of aliphatic hydroxyl groups excluding tert-OH is 2. The number of hydrogen-bond donors (Lipinski definition) is 6. The van der Waals surface area contributed by atoms with E-state index in [9.17, 15) is 49.5 Å². The molecule has 1 saturated heterocycles. The predicted molar refractivity (Wildman–Crippen MR) is 307 cm³/mol. The number of carbonyl (C=O) groups excluding carboxylic acids is 3. The van der Waals surface area contributed by atoms with Crippen molar-refractivity contribution < 1.29 is 77.2 Å². The van der Waals surface area contributed by atoms with Crippen molar-refractivity contribution in [3.8, 4) is 34.5 Å². The lowest BCUT2D eigenvalue weighted by atomic mass is 9.78. The number of methoxy groups -OCH3 is 2. The Balaban J connectivity index is 1.08. The summed E-state index contributed by atoms with van der Waals surface area (Å²) in [7, 11) is 2.77. The Bertz CT molecular complexity index is 3910. The molecule has 4 aromatic rings. The number of piperazine rings is 1. The molecule has 0 unspecified atom stereocenters. The van der Waals surface area contributed by atoms with Crippen molar-refractivity contribution in [2.45, 2.75) is 104 Å². The van der Waals surface area contributed by atoms with Gasteiger partial charge in [0.2, 0.25) is 10.9 Å². The second-order valence-corrected chi connectivity index (χ2v) is 22.5. The molecule has 0 radical (unpaired) electrons. The summed E-state index contributed by atoms with van der Waals surface area (Å²) >= 11 is 0. The Kier molecular flexibility index (Phi) is 15.5. The van der Waals surface area contributed by atoms with Crippen LogP contribution in [-0.2, 0) is 23.8 Å². The van der Waals surface area contributed by atoms with Crippen LogP contribution < -0.4 is 35.4 Å². The van der Waals surface area contributed by atoms with Gasteiger partial charge in [0.05, 0.1) is 53.5 Å². The van der Waals surface area contributed by atoms with Crippen LogP contribution in [0.15, 0.2) is 74.5 Å². The number of nitrogens with one attached hydrogen (secondary N) is 1. The molecule has 23 heteroatoms. The number of carboxylic acid groups (broad SMARTS) is 1. The van der Waals surface area contributed by atoms with Gasteiger partial charge in [0.25, 0.3) is 11.7 Å². The first kappa shape index (κ1) is 58.6. The molecular weight excluding hydrogens is 1090 g/mol. The molecule has 1 saturated carbocycles. The molecule has 0 spiro atoms. The highest BCUT2D eigenvalue weighted by molar-refractivity contribution is 6.22. The summed E-state index contributed by atoms with van der Waals surface area (Å²) in [4.78, 5) is 90.8. The molecule has 9 atom stereocenters. The zero-order valence-electron chi connectivity index (χ0n) is 47.9. The number of ether oxygens (including phenoxy) is 5. The monoisotopic (exact) mass is 1160 g/mol. The number of aliphatic hydroxyl groups is 2. The maximum absolute atomic E-state index is 16.3. The van der Waals surface area contributed by atoms with E-state index in [0.29, 0.717) is 5.69 Å². The van der Waals surface area contributed by atoms with Crippen LogP contribution in [0.5, 0.6) is 23.0 Å². The average molecular weight is 1160 g/mol. The minimum Gasteiger partial charge on any atom is -0.507 e. The molecule has 6 N–H and O–H groups in total. The van der Waals surface area contributed by atoms with E-state index in [1.165, 1.54) is 78.7 Å². The van der Waals surface area contributed by atoms with Crippen molar-refractivity contribution in [2.75, 3.05) is 55.5 Å². The van der Waals surface area contributed by atoms with E-state index in [1.54, 1.807) is 49.3 Å². The van der Waals surface area contributed by atoms with E-state index in [0.717, 1.165) is 18.9 Å². The van der Waals surface area contributed by atoms with Gasteiger partial charge in [-0.2, -0.15) is 0 Å². The molecule has 444 valence electrons. The number of benzene rings is 4. The van der Waals surface area contributed by atoms with Crippen LogP contribution in [0.4, 0.5) is 21.5 Å². The third kappa shape index (κ3) is 9.99. The first-order valence-corrected chi connectivity index (χ1v) is 27.6. The number of carboxylic acids is 1. The van der Waals surface area contributed by atoms with Crippen LogP contribution >= 0.6 is 0 Å². The topological polar surface area (TPSA) is 299 Å². The quantitative estimate of drug-likeness (QED) is 0.0513. The number of allylic oxidation sites excluding steroid dienone is 2. The molecule has 5 bridgehead atoms. The number of anilines is 3. The summed E-state index contributed by atoms with van der Waals surface area (Å²) in [6.07, 6.45) is 5.82. The largest absolute Gasteiger partial charge is 0.507 e. The van der Waals surface area contributed by atoms with Gasteiger partial charge in [0, 0.05) is 117 Å². The third-order valence-electron chi connectivity index (χ3n) is 16.9. The van der Waals surface area contributed by atoms with Gasteiger partial charge in [-0.05, 0) is 38.8 Å². The van der Waals surface area contributed by atoms with Crippen LogP contribution in [0.1, 0.15) is 93.6 Å². The highest BCUT2D eigenvalue weighted by atomic mass is 19.1. The number of hydrogen-bond acceptors (Lipinski definition) is 19. The van der Waals surface area contributed by atoms with Crippen molar-refractivity contribution in [2.24, 2.45) is 23.7 Å². The van der Waals surface area contributed by atoms with Crippen molar-refractivity contribution in [1.29, 1.82) is 0 Å². The van der Waals surface area contributed by atoms with E-state index < -0.39 is 122 Å². The van der Waals surface area contributed by atoms with Gasteiger partial charge in [0.1, 0.15) is 51.5 Å². The Morgan fingerprint density at radius 3 is 2.23 bits per heavy atom. The number of esters is 1. The molecule has 1 amide bonds. The first-order valence-electron chi connectivity index (χ1n) is 27.6. The van der Waals surface area contributed by atoms with E-state index in [4.69, 9.17) is 33.1 Å². The van der Waals surface area contributed by atoms with Crippen LogP contribution in [0.2, 0.25) is 0 Å². The van der Waals surface area contributed by atoms with Gasteiger partial charge >= 0.3 is 17.7 Å². The minimum atomic E-state index is -2.16. The van der Waals surface area contributed by atoms with Crippen LogP contribution in [0, 0.1) is 36.4 Å². The van der Waals surface area contributed by atoms with Crippen LogP contribution in [-0.4, -0.2) is 129 Å². The molecule has 22 nitrogen and oxygen atoms in total. The molecule has 2 fully saturated rings. The number of ketones is 1. The van der Waals surface area contributed by atoms with Gasteiger partial charge < -0.3 is 73.3 Å². The number of phenols is 2. The fourth-order valence-corrected chi connectivity index (χ4v) is 12.0. The number of fused-ring (bicyclic) bond motifs is 15. The summed E-state index contributed by atoms with van der Waals surface area (Å²) in [5, 5.41) is 58.8. The molecular formula is C61H66FN5O17. The average Bonchev–Trinajstić information content (AvgIpc) is 1.41. The molecule has 84 heavy (non-hydrogen) atoms. The Morgan fingerprint density at radius 2 is 1.58 bits per heavy atom. The van der Waals surface area contributed by atoms with Crippen molar-refractivity contribution in [3.05, 3.63) is 103 Å². The summed E-state index contributed by atoms with van der Waals surface area (Å²) in [6, 6.07) is 3.93. The first-order chi connectivity index (χ1) is 39.8. The number of aromatic nitrogens is 2. The number of aromatic hydroxyl groups is 2. The van der Waals surface area contributed by atoms with E-state index in [-0.39, 0.29) is 105 Å². The molecule has 1 aromatic heterocycles. The van der Waals surface area contributed by atoms with Gasteiger partial charge in [-0.15, -0.1) is 0 Å². The van der Waals surface area contributed by atoms with Gasteiger partial charge in [-0.25, -0.2) is 14.2 Å². The number of nitrogens with zero attached hydrogens (tertiary/aromatic N) is 4. The van der Waals surface area contributed by atoms with E-state index in [2.05, 4.69) is 5.32 Å². The zero-order chi connectivity index (χ0) is 60.7. The normalized spacial score (nSPS) is 26.7. The molecule has 5 aliphatic heterocycles. The lowest BCUT2D eigenvalue weighted by Gasteiger charge is -2.38. The molecule has 3 aromatic carbocycles. The van der Waals surface area contributed by atoms with Crippen molar-refractivity contribution >= 4 is 73.5 Å². The fourth-order valence-electron chi connectivity index (χ4n) is 12.0. The zero-order valence-corrected chi connectivity index (χ0v) is 47.9. The van der Waals surface area contributed by atoms with Crippen LogP contribution in [0.25, 0.3) is 44.2 Å². The van der Waals surface area contributed by atoms with E-state index in [1.807, 2.05) is 4.90 Å². The number of pyridine rings is 1. The number of carbonyl (C=O) groups is 4. The number of rotatable bonds is 7.